The van der Waals surface area contributed by atoms with Crippen LogP contribution in [0.15, 0.2) is 24.3 Å². The molecule has 0 aliphatic carbocycles. The second kappa shape index (κ2) is 4.71. The summed E-state index contributed by atoms with van der Waals surface area (Å²) in [5.41, 5.74) is -0.0430. The van der Waals surface area contributed by atoms with E-state index in [9.17, 15) is 19.8 Å². The summed E-state index contributed by atoms with van der Waals surface area (Å²) in [6.07, 6.45) is -3.93. The lowest BCUT2D eigenvalue weighted by Gasteiger charge is -2.14. The van der Waals surface area contributed by atoms with Crippen LogP contribution >= 0.6 is 0 Å². The molecular weight excluding hydrogens is 254 g/mol. The fourth-order valence-electron chi connectivity index (χ4n) is 1.93. The van der Waals surface area contributed by atoms with E-state index in [2.05, 4.69) is 4.98 Å². The monoisotopic (exact) mass is 265 g/mol. The lowest BCUT2D eigenvalue weighted by Crippen LogP contribution is -2.28. The second-order valence-corrected chi connectivity index (χ2v) is 3.99. The Morgan fingerprint density at radius 1 is 1.11 bits per heavy atom. The Labute approximate surface area is 106 Å². The van der Waals surface area contributed by atoms with Gasteiger partial charge in [-0.2, -0.15) is 0 Å². The molecule has 19 heavy (non-hydrogen) atoms. The normalized spacial score (nSPS) is 14.2. The Bertz CT molecular complexity index is 647. The van der Waals surface area contributed by atoms with Crippen LogP contribution in [0, 0.1) is 0 Å². The van der Waals surface area contributed by atoms with Crippen LogP contribution in [0.2, 0.25) is 0 Å². The highest BCUT2D eigenvalue weighted by Gasteiger charge is 2.31. The molecule has 2 rings (SSSR count). The summed E-state index contributed by atoms with van der Waals surface area (Å²) in [5.74, 6) is -2.98. The van der Waals surface area contributed by atoms with Crippen molar-refractivity contribution in [1.82, 2.24) is 4.98 Å². The zero-order valence-electron chi connectivity index (χ0n) is 9.57. The number of hydrogen-bond acceptors (Lipinski definition) is 4. The average molecular weight is 265 g/mol. The number of aliphatic hydroxyl groups is 2. The molecule has 0 saturated heterocycles. The fourth-order valence-corrected chi connectivity index (χ4v) is 1.93. The number of nitrogens with one attached hydrogen (secondary N) is 1. The van der Waals surface area contributed by atoms with Crippen LogP contribution < -0.4 is 0 Å². The number of carboxylic acids is 2. The van der Waals surface area contributed by atoms with Crippen molar-refractivity contribution in [3.8, 4) is 0 Å². The number of H-pyrrole nitrogens is 1. The van der Waals surface area contributed by atoms with Crippen molar-refractivity contribution in [2.45, 2.75) is 12.2 Å². The Morgan fingerprint density at radius 2 is 1.74 bits per heavy atom. The van der Waals surface area contributed by atoms with Gasteiger partial charge in [-0.05, 0) is 6.07 Å². The number of fused-ring (bicyclic) bond motifs is 1. The molecule has 100 valence electrons. The van der Waals surface area contributed by atoms with E-state index in [1.807, 2.05) is 0 Å². The standard InChI is InChI=1S/C12H11NO6/c14-9(10(15)12(18)19)7-5-3-1-2-4-6(5)13-8(7)11(16)17/h1-4,9-10,13-15H,(H,16,17)(H,18,19). The maximum absolute atomic E-state index is 11.1. The van der Waals surface area contributed by atoms with E-state index >= 15 is 0 Å². The van der Waals surface area contributed by atoms with Crippen LogP contribution in [0.5, 0.6) is 0 Å². The van der Waals surface area contributed by atoms with Crippen molar-refractivity contribution in [2.24, 2.45) is 0 Å². The molecule has 0 bridgehead atoms. The van der Waals surface area contributed by atoms with Gasteiger partial charge in [0, 0.05) is 16.5 Å². The number of benzene rings is 1. The van der Waals surface area contributed by atoms with E-state index in [0.29, 0.717) is 10.9 Å². The smallest absolute Gasteiger partial charge is 0.352 e. The summed E-state index contributed by atoms with van der Waals surface area (Å²) in [6, 6.07) is 6.40. The van der Waals surface area contributed by atoms with Crippen molar-refractivity contribution in [1.29, 1.82) is 0 Å². The molecule has 1 aromatic carbocycles. The zero-order valence-corrected chi connectivity index (χ0v) is 9.57. The number of para-hydroxylation sites is 1. The van der Waals surface area contributed by atoms with E-state index in [4.69, 9.17) is 10.2 Å². The summed E-state index contributed by atoms with van der Waals surface area (Å²) in [4.78, 5) is 24.4. The van der Waals surface area contributed by atoms with Gasteiger partial charge in [-0.25, -0.2) is 9.59 Å². The lowest BCUT2D eigenvalue weighted by atomic mass is 10.0. The van der Waals surface area contributed by atoms with Crippen molar-refractivity contribution in [3.63, 3.8) is 0 Å². The van der Waals surface area contributed by atoms with Gasteiger partial charge < -0.3 is 25.4 Å². The molecule has 2 atom stereocenters. The molecule has 0 radical (unpaired) electrons. The first-order chi connectivity index (χ1) is 8.93. The molecule has 7 nitrogen and oxygen atoms in total. The predicted molar refractivity (Wildman–Crippen MR) is 63.9 cm³/mol. The second-order valence-electron chi connectivity index (χ2n) is 3.99. The highest BCUT2D eigenvalue weighted by atomic mass is 16.4. The van der Waals surface area contributed by atoms with Gasteiger partial charge in [-0.1, -0.05) is 18.2 Å². The molecule has 1 heterocycles. The maximum Gasteiger partial charge on any atom is 0.352 e. The topological polar surface area (TPSA) is 131 Å². The molecule has 0 spiro atoms. The van der Waals surface area contributed by atoms with Gasteiger partial charge in [0.05, 0.1) is 0 Å². The number of aromatic nitrogens is 1. The highest BCUT2D eigenvalue weighted by molar-refractivity contribution is 5.98. The SMILES string of the molecule is O=C(O)c1[nH]c2ccccc2c1C(O)C(O)C(=O)O. The van der Waals surface area contributed by atoms with E-state index < -0.39 is 24.1 Å². The van der Waals surface area contributed by atoms with Gasteiger partial charge in [0.2, 0.25) is 0 Å². The van der Waals surface area contributed by atoms with Crippen molar-refractivity contribution < 1.29 is 30.0 Å². The first-order valence-corrected chi connectivity index (χ1v) is 5.36. The molecule has 0 aliphatic heterocycles. The first kappa shape index (κ1) is 13.1. The minimum absolute atomic E-state index is 0.141. The average Bonchev–Trinajstić information content (AvgIpc) is 2.76. The molecule has 2 aromatic rings. The zero-order chi connectivity index (χ0) is 14.2. The summed E-state index contributed by atoms with van der Waals surface area (Å²) < 4.78 is 0. The third-order valence-corrected chi connectivity index (χ3v) is 2.81. The number of aromatic amines is 1. The number of rotatable bonds is 4. The molecule has 0 fully saturated rings. The molecular formula is C12H11NO6. The first-order valence-electron chi connectivity index (χ1n) is 5.36. The largest absolute Gasteiger partial charge is 0.479 e. The van der Waals surface area contributed by atoms with Gasteiger partial charge in [-0.3, -0.25) is 0 Å². The van der Waals surface area contributed by atoms with Crippen molar-refractivity contribution in [3.05, 3.63) is 35.5 Å². The van der Waals surface area contributed by atoms with Crippen LogP contribution in [0.1, 0.15) is 22.2 Å². The summed E-state index contributed by atoms with van der Waals surface area (Å²) in [7, 11) is 0. The number of aliphatic hydroxyl groups excluding tert-OH is 2. The van der Waals surface area contributed by atoms with Crippen LogP contribution in [0.4, 0.5) is 0 Å². The molecule has 1 aromatic heterocycles. The molecule has 5 N–H and O–H groups in total. The van der Waals surface area contributed by atoms with Crippen molar-refractivity contribution >= 4 is 22.8 Å². The minimum atomic E-state index is -2.10. The highest BCUT2D eigenvalue weighted by Crippen LogP contribution is 2.30. The number of aromatic carboxylic acids is 1. The fraction of sp³-hybridized carbons (Fsp3) is 0.167. The lowest BCUT2D eigenvalue weighted by molar-refractivity contribution is -0.153. The molecule has 7 heteroatoms. The van der Waals surface area contributed by atoms with Crippen molar-refractivity contribution in [2.75, 3.05) is 0 Å². The summed E-state index contributed by atoms with van der Waals surface area (Å²) in [6.45, 7) is 0. The van der Waals surface area contributed by atoms with Crippen LogP contribution in [0.3, 0.4) is 0 Å². The van der Waals surface area contributed by atoms with Gasteiger partial charge in [0.15, 0.2) is 6.10 Å². The van der Waals surface area contributed by atoms with E-state index in [-0.39, 0.29) is 11.3 Å². The molecule has 0 saturated carbocycles. The van der Waals surface area contributed by atoms with Gasteiger partial charge >= 0.3 is 11.9 Å². The number of carbonyl (C=O) groups is 2. The minimum Gasteiger partial charge on any atom is -0.479 e. The Hall–Kier alpha value is -2.38. The summed E-state index contributed by atoms with van der Waals surface area (Å²) in [5, 5.41) is 37.3. The third kappa shape index (κ3) is 2.16. The van der Waals surface area contributed by atoms with Crippen LogP contribution in [-0.4, -0.2) is 43.5 Å². The Balaban J connectivity index is 2.66. The third-order valence-electron chi connectivity index (χ3n) is 2.81. The molecule has 2 unspecified atom stereocenters. The molecule has 0 amide bonds. The van der Waals surface area contributed by atoms with Crippen LogP contribution in [0.25, 0.3) is 10.9 Å². The van der Waals surface area contributed by atoms with Gasteiger partial charge in [0.1, 0.15) is 11.8 Å². The maximum atomic E-state index is 11.1. The van der Waals surface area contributed by atoms with E-state index in [1.54, 1.807) is 18.2 Å². The molecule has 0 aliphatic rings. The number of hydrogen-bond donors (Lipinski definition) is 5. The Kier molecular flexibility index (Phi) is 3.24. The van der Waals surface area contributed by atoms with E-state index in [0.717, 1.165) is 0 Å². The Morgan fingerprint density at radius 3 is 2.32 bits per heavy atom. The predicted octanol–water partition coefficient (Wildman–Crippen LogP) is 0.345. The van der Waals surface area contributed by atoms with Crippen LogP contribution in [-0.2, 0) is 4.79 Å². The van der Waals surface area contributed by atoms with Gasteiger partial charge in [-0.15, -0.1) is 0 Å². The van der Waals surface area contributed by atoms with E-state index in [1.165, 1.54) is 6.07 Å². The number of carboxylic acid groups (broad SMARTS) is 2. The van der Waals surface area contributed by atoms with Gasteiger partial charge in [0.25, 0.3) is 0 Å². The quantitative estimate of drug-likeness (QED) is 0.542. The number of aliphatic carboxylic acids is 1. The summed E-state index contributed by atoms with van der Waals surface area (Å²) >= 11 is 0.